The molecule has 0 saturated carbocycles. The van der Waals surface area contributed by atoms with Crippen LogP contribution < -0.4 is 10.5 Å². The number of ether oxygens (including phenoxy) is 1. The lowest BCUT2D eigenvalue weighted by Crippen LogP contribution is -2.48. The largest absolute Gasteiger partial charge is 0.454 e. The van der Waals surface area contributed by atoms with Crippen LogP contribution in [0.15, 0.2) is 23.1 Å². The number of nitrogens with two attached hydrogens (primary N) is 1. The normalized spacial score (nSPS) is 14.1. The van der Waals surface area contributed by atoms with E-state index in [1.807, 2.05) is 4.72 Å². The lowest BCUT2D eigenvalue weighted by atomic mass is 10.2. The van der Waals surface area contributed by atoms with Crippen LogP contribution in [0.5, 0.6) is 0 Å². The monoisotopic (exact) mass is 384 g/mol. The molecular weight excluding hydrogens is 371 g/mol. The van der Waals surface area contributed by atoms with Gasteiger partial charge in [-0.25, -0.2) is 8.42 Å². The number of hydrogen-bond acceptors (Lipinski definition) is 6. The Labute approximate surface area is 142 Å². The first kappa shape index (κ1) is 19.7. The van der Waals surface area contributed by atoms with Crippen LogP contribution in [-0.2, 0) is 24.3 Å². The molecule has 0 bridgehead atoms. The molecule has 0 fully saturated rings. The van der Waals surface area contributed by atoms with Crippen molar-refractivity contribution in [3.63, 3.8) is 0 Å². The number of benzene rings is 1. The van der Waals surface area contributed by atoms with Crippen molar-refractivity contribution in [3.05, 3.63) is 28.2 Å². The van der Waals surface area contributed by atoms with Crippen LogP contribution in [0.2, 0.25) is 10.0 Å². The average molecular weight is 385 g/mol. The number of primary amides is 1. The van der Waals surface area contributed by atoms with E-state index in [9.17, 15) is 23.1 Å². The number of sulfonamides is 1. The van der Waals surface area contributed by atoms with Gasteiger partial charge in [-0.3, -0.25) is 9.59 Å². The Balaban J connectivity index is 3.00. The van der Waals surface area contributed by atoms with Crippen molar-refractivity contribution in [1.82, 2.24) is 4.72 Å². The SMILES string of the molecule is C[C@@H](O)[C@@H](NS(=O)(=O)c1ccc(Cl)c(Cl)c1)C(=O)OCC(N)=O. The van der Waals surface area contributed by atoms with Crippen molar-refractivity contribution in [1.29, 1.82) is 0 Å². The molecule has 0 saturated heterocycles. The van der Waals surface area contributed by atoms with E-state index < -0.39 is 40.7 Å². The Kier molecular flexibility index (Phi) is 6.78. The van der Waals surface area contributed by atoms with Gasteiger partial charge >= 0.3 is 5.97 Å². The summed E-state index contributed by atoms with van der Waals surface area (Å²) in [5.74, 6) is -2.07. The van der Waals surface area contributed by atoms with Gasteiger partial charge < -0.3 is 15.6 Å². The van der Waals surface area contributed by atoms with Gasteiger partial charge in [0.1, 0.15) is 6.04 Å². The van der Waals surface area contributed by atoms with Gasteiger partial charge in [-0.2, -0.15) is 4.72 Å². The van der Waals surface area contributed by atoms with E-state index in [1.54, 1.807) is 0 Å². The highest BCUT2D eigenvalue weighted by atomic mass is 35.5. The maximum atomic E-state index is 12.2. The van der Waals surface area contributed by atoms with E-state index in [1.165, 1.54) is 19.1 Å². The molecule has 1 amide bonds. The standard InChI is InChI=1S/C12H14Cl2N2O6S/c1-6(17)11(12(19)22-5-10(15)18)16-23(20,21)7-2-3-8(13)9(14)4-7/h2-4,6,11,16-17H,5H2,1H3,(H2,15,18)/t6-,11-/m1/s1. The number of amides is 1. The van der Waals surface area contributed by atoms with Crippen LogP contribution in [0, 0.1) is 0 Å². The summed E-state index contributed by atoms with van der Waals surface area (Å²) in [5, 5.41) is 9.72. The number of carbonyl (C=O) groups is 2. The summed E-state index contributed by atoms with van der Waals surface area (Å²) in [5.41, 5.74) is 4.82. The molecule has 1 aromatic carbocycles. The van der Waals surface area contributed by atoms with Gasteiger partial charge in [-0.15, -0.1) is 0 Å². The van der Waals surface area contributed by atoms with Crippen molar-refractivity contribution in [2.75, 3.05) is 6.61 Å². The van der Waals surface area contributed by atoms with Crippen LogP contribution in [0.3, 0.4) is 0 Å². The first-order chi connectivity index (χ1) is 10.5. The van der Waals surface area contributed by atoms with Crippen molar-refractivity contribution in [2.24, 2.45) is 5.73 Å². The molecule has 1 aromatic rings. The van der Waals surface area contributed by atoms with Gasteiger partial charge in [0.2, 0.25) is 10.0 Å². The lowest BCUT2D eigenvalue weighted by Gasteiger charge is -2.19. The van der Waals surface area contributed by atoms with Gasteiger partial charge in [-0.1, -0.05) is 23.2 Å². The van der Waals surface area contributed by atoms with E-state index in [4.69, 9.17) is 28.9 Å². The summed E-state index contributed by atoms with van der Waals surface area (Å²) in [6.45, 7) is 0.435. The highest BCUT2D eigenvalue weighted by Crippen LogP contribution is 2.25. The second-order valence-electron chi connectivity index (χ2n) is 4.49. The van der Waals surface area contributed by atoms with Crippen LogP contribution in [0.25, 0.3) is 0 Å². The summed E-state index contributed by atoms with van der Waals surface area (Å²) in [6.07, 6.45) is -1.42. The molecule has 0 aliphatic rings. The number of halogens is 2. The topological polar surface area (TPSA) is 136 Å². The molecule has 23 heavy (non-hydrogen) atoms. The predicted octanol–water partition coefficient (Wildman–Crippen LogP) is 0.0496. The van der Waals surface area contributed by atoms with E-state index in [0.717, 1.165) is 6.07 Å². The van der Waals surface area contributed by atoms with Gasteiger partial charge in [0.15, 0.2) is 6.61 Å². The third-order valence-electron chi connectivity index (χ3n) is 2.58. The Morgan fingerprint density at radius 2 is 1.96 bits per heavy atom. The van der Waals surface area contributed by atoms with E-state index in [-0.39, 0.29) is 14.9 Å². The molecule has 0 unspecified atom stereocenters. The van der Waals surface area contributed by atoms with Crippen LogP contribution in [0.4, 0.5) is 0 Å². The molecular formula is C12H14Cl2N2O6S. The van der Waals surface area contributed by atoms with Gasteiger partial charge in [0, 0.05) is 0 Å². The molecule has 4 N–H and O–H groups in total. The van der Waals surface area contributed by atoms with Crippen molar-refractivity contribution >= 4 is 45.1 Å². The minimum Gasteiger partial charge on any atom is -0.454 e. The fourth-order valence-corrected chi connectivity index (χ4v) is 3.10. The number of nitrogens with one attached hydrogen (secondary N) is 1. The molecule has 0 spiro atoms. The molecule has 0 aliphatic carbocycles. The number of aliphatic hydroxyl groups excluding tert-OH is 1. The molecule has 0 heterocycles. The summed E-state index contributed by atoms with van der Waals surface area (Å²) in [4.78, 5) is 22.1. The minimum atomic E-state index is -4.20. The van der Waals surface area contributed by atoms with Crippen LogP contribution in [-0.4, -0.2) is 44.2 Å². The first-order valence-corrected chi connectivity index (χ1v) is 8.39. The predicted molar refractivity (Wildman–Crippen MR) is 82.4 cm³/mol. The average Bonchev–Trinajstić information content (AvgIpc) is 2.44. The lowest BCUT2D eigenvalue weighted by molar-refractivity contribution is -0.151. The number of carbonyl (C=O) groups excluding carboxylic acids is 2. The Morgan fingerprint density at radius 3 is 2.43 bits per heavy atom. The quantitative estimate of drug-likeness (QED) is 0.568. The van der Waals surface area contributed by atoms with Crippen molar-refractivity contribution in [3.8, 4) is 0 Å². The first-order valence-electron chi connectivity index (χ1n) is 6.15. The number of esters is 1. The second-order valence-corrected chi connectivity index (χ2v) is 7.02. The van der Waals surface area contributed by atoms with Crippen molar-refractivity contribution < 1.29 is 27.9 Å². The van der Waals surface area contributed by atoms with Crippen molar-refractivity contribution in [2.45, 2.75) is 24.0 Å². The van der Waals surface area contributed by atoms with Crippen LogP contribution in [0.1, 0.15) is 6.92 Å². The second kappa shape index (κ2) is 7.93. The Bertz CT molecular complexity index is 708. The van der Waals surface area contributed by atoms with Gasteiger partial charge in [0.05, 0.1) is 21.0 Å². The Hall–Kier alpha value is -1.39. The third-order valence-corrected chi connectivity index (χ3v) is 4.75. The molecule has 0 aliphatic heterocycles. The summed E-state index contributed by atoms with van der Waals surface area (Å²) >= 11 is 11.5. The zero-order chi connectivity index (χ0) is 17.8. The zero-order valence-corrected chi connectivity index (χ0v) is 14.2. The highest BCUT2D eigenvalue weighted by Gasteiger charge is 2.31. The van der Waals surface area contributed by atoms with Gasteiger partial charge in [0.25, 0.3) is 5.91 Å². The molecule has 0 radical (unpaired) electrons. The zero-order valence-electron chi connectivity index (χ0n) is 11.8. The Morgan fingerprint density at radius 1 is 1.35 bits per heavy atom. The molecule has 2 atom stereocenters. The fourth-order valence-electron chi connectivity index (χ4n) is 1.45. The van der Waals surface area contributed by atoms with Crippen LogP contribution >= 0.6 is 23.2 Å². The van der Waals surface area contributed by atoms with E-state index >= 15 is 0 Å². The summed E-state index contributed by atoms with van der Waals surface area (Å²) in [7, 11) is -4.20. The fraction of sp³-hybridized carbons (Fsp3) is 0.333. The van der Waals surface area contributed by atoms with Gasteiger partial charge in [-0.05, 0) is 25.1 Å². The number of hydrogen-bond donors (Lipinski definition) is 3. The number of aliphatic hydroxyl groups is 1. The van der Waals surface area contributed by atoms with E-state index in [0.29, 0.717) is 0 Å². The highest BCUT2D eigenvalue weighted by molar-refractivity contribution is 7.89. The molecule has 11 heteroatoms. The maximum absolute atomic E-state index is 12.2. The molecule has 1 rings (SSSR count). The smallest absolute Gasteiger partial charge is 0.327 e. The number of rotatable bonds is 7. The third kappa shape index (κ3) is 5.63. The minimum absolute atomic E-state index is 0.000515. The summed E-state index contributed by atoms with van der Waals surface area (Å²) < 4.78 is 30.9. The summed E-state index contributed by atoms with van der Waals surface area (Å²) in [6, 6.07) is 1.89. The molecule has 8 nitrogen and oxygen atoms in total. The maximum Gasteiger partial charge on any atom is 0.327 e. The van der Waals surface area contributed by atoms with E-state index in [2.05, 4.69) is 4.74 Å². The molecule has 0 aromatic heterocycles. The molecule has 128 valence electrons.